The Morgan fingerprint density at radius 3 is 2.33 bits per heavy atom. The fourth-order valence-corrected chi connectivity index (χ4v) is 2.01. The molecular formula is C12H22N4O5. The molecule has 0 bridgehead atoms. The Hall–Kier alpha value is -1.71. The standard InChI is InChI=1S/C12H22N4O5/c1-13-12(8-17,9-18)7-14-11(21)16-4-2-15(3-5-16)6-10(19)20/h8,13,18H,2-7,9H2,1H3,(H,14,21)(H,19,20)/t12-/m0/s1. The van der Waals surface area contributed by atoms with Crippen molar-refractivity contribution in [3.8, 4) is 0 Å². The van der Waals surface area contributed by atoms with E-state index in [0.717, 1.165) is 0 Å². The van der Waals surface area contributed by atoms with Crippen molar-refractivity contribution in [1.82, 2.24) is 20.4 Å². The van der Waals surface area contributed by atoms with E-state index in [9.17, 15) is 19.5 Å². The molecule has 0 unspecified atom stereocenters. The molecule has 0 aromatic carbocycles. The highest BCUT2D eigenvalue weighted by Crippen LogP contribution is 2.03. The summed E-state index contributed by atoms with van der Waals surface area (Å²) in [4.78, 5) is 36.9. The SMILES string of the molecule is CN[C@@](C=O)(CO)CNC(=O)N1CCN(CC(=O)O)CC1. The van der Waals surface area contributed by atoms with Crippen LogP contribution in [0.1, 0.15) is 0 Å². The number of carbonyl (C=O) groups excluding carboxylic acids is 2. The molecular weight excluding hydrogens is 280 g/mol. The lowest BCUT2D eigenvalue weighted by molar-refractivity contribution is -0.138. The second-order valence-electron chi connectivity index (χ2n) is 5.00. The number of likely N-dealkylation sites (N-methyl/N-ethyl adjacent to an activating group) is 1. The quantitative estimate of drug-likeness (QED) is 0.385. The van der Waals surface area contributed by atoms with E-state index in [0.29, 0.717) is 32.5 Å². The van der Waals surface area contributed by atoms with Gasteiger partial charge in [-0.2, -0.15) is 0 Å². The summed E-state index contributed by atoms with van der Waals surface area (Å²) in [5.74, 6) is -0.888. The lowest BCUT2D eigenvalue weighted by atomic mass is 10.0. The van der Waals surface area contributed by atoms with Crippen molar-refractivity contribution >= 4 is 18.3 Å². The fourth-order valence-electron chi connectivity index (χ4n) is 2.01. The Morgan fingerprint density at radius 2 is 1.90 bits per heavy atom. The Kier molecular flexibility index (Phi) is 6.53. The predicted molar refractivity (Wildman–Crippen MR) is 74.0 cm³/mol. The van der Waals surface area contributed by atoms with Crippen molar-refractivity contribution in [3.05, 3.63) is 0 Å². The molecule has 1 saturated heterocycles. The van der Waals surface area contributed by atoms with E-state index in [1.54, 1.807) is 9.80 Å². The van der Waals surface area contributed by atoms with Gasteiger partial charge in [0.2, 0.25) is 0 Å². The average molecular weight is 302 g/mol. The van der Waals surface area contributed by atoms with Gasteiger partial charge < -0.3 is 30.5 Å². The van der Waals surface area contributed by atoms with Crippen LogP contribution in [0.25, 0.3) is 0 Å². The van der Waals surface area contributed by atoms with Gasteiger partial charge in [0.25, 0.3) is 0 Å². The molecule has 21 heavy (non-hydrogen) atoms. The summed E-state index contributed by atoms with van der Waals surface area (Å²) in [5, 5.41) is 23.2. The van der Waals surface area contributed by atoms with Crippen LogP contribution in [0.2, 0.25) is 0 Å². The number of aldehydes is 1. The van der Waals surface area contributed by atoms with Gasteiger partial charge in [-0.25, -0.2) is 4.79 Å². The van der Waals surface area contributed by atoms with E-state index >= 15 is 0 Å². The van der Waals surface area contributed by atoms with Gasteiger partial charge >= 0.3 is 12.0 Å². The maximum absolute atomic E-state index is 12.0. The number of amides is 2. The molecule has 0 aromatic rings. The molecule has 120 valence electrons. The van der Waals surface area contributed by atoms with Crippen LogP contribution >= 0.6 is 0 Å². The van der Waals surface area contributed by atoms with Gasteiger partial charge in [0.15, 0.2) is 0 Å². The van der Waals surface area contributed by atoms with E-state index < -0.39 is 18.1 Å². The number of carboxylic acid groups (broad SMARTS) is 1. The number of hydrogen-bond acceptors (Lipinski definition) is 6. The maximum atomic E-state index is 12.0. The normalized spacial score (nSPS) is 18.9. The highest BCUT2D eigenvalue weighted by Gasteiger charge is 2.29. The number of carbonyl (C=O) groups is 3. The van der Waals surface area contributed by atoms with Gasteiger partial charge in [-0.05, 0) is 7.05 Å². The van der Waals surface area contributed by atoms with Crippen LogP contribution in [0.15, 0.2) is 0 Å². The monoisotopic (exact) mass is 302 g/mol. The van der Waals surface area contributed by atoms with Crippen LogP contribution in [0.5, 0.6) is 0 Å². The van der Waals surface area contributed by atoms with E-state index in [4.69, 9.17) is 5.11 Å². The number of urea groups is 1. The number of nitrogens with one attached hydrogen (secondary N) is 2. The van der Waals surface area contributed by atoms with Crippen molar-refractivity contribution in [2.45, 2.75) is 5.54 Å². The molecule has 0 aromatic heterocycles. The van der Waals surface area contributed by atoms with Gasteiger partial charge in [-0.1, -0.05) is 0 Å². The first-order chi connectivity index (χ1) is 9.96. The van der Waals surface area contributed by atoms with Crippen molar-refractivity contribution in [2.24, 2.45) is 0 Å². The summed E-state index contributed by atoms with van der Waals surface area (Å²) >= 11 is 0. The third-order valence-electron chi connectivity index (χ3n) is 3.58. The fraction of sp³-hybridized carbons (Fsp3) is 0.750. The van der Waals surface area contributed by atoms with Gasteiger partial charge in [-0.3, -0.25) is 9.69 Å². The van der Waals surface area contributed by atoms with Crippen LogP contribution < -0.4 is 10.6 Å². The topological polar surface area (TPSA) is 122 Å². The molecule has 2 amide bonds. The van der Waals surface area contributed by atoms with E-state index in [-0.39, 0.29) is 19.1 Å². The van der Waals surface area contributed by atoms with Crippen molar-refractivity contribution in [3.63, 3.8) is 0 Å². The van der Waals surface area contributed by atoms with Crippen molar-refractivity contribution < 1.29 is 24.6 Å². The molecule has 1 heterocycles. The maximum Gasteiger partial charge on any atom is 0.317 e. The first-order valence-corrected chi connectivity index (χ1v) is 6.69. The summed E-state index contributed by atoms with van der Waals surface area (Å²) < 4.78 is 0. The smallest absolute Gasteiger partial charge is 0.317 e. The van der Waals surface area contributed by atoms with Crippen LogP contribution in [0, 0.1) is 0 Å². The van der Waals surface area contributed by atoms with Gasteiger partial charge in [0, 0.05) is 32.7 Å². The van der Waals surface area contributed by atoms with Gasteiger partial charge in [-0.15, -0.1) is 0 Å². The summed E-state index contributed by atoms with van der Waals surface area (Å²) in [5.41, 5.74) is -1.18. The second kappa shape index (κ2) is 7.91. The lowest BCUT2D eigenvalue weighted by Gasteiger charge is -2.34. The number of aliphatic carboxylic acids is 1. The minimum absolute atomic E-state index is 0.0162. The molecule has 1 atom stereocenters. The minimum Gasteiger partial charge on any atom is -0.480 e. The Morgan fingerprint density at radius 1 is 1.29 bits per heavy atom. The second-order valence-corrected chi connectivity index (χ2v) is 5.00. The zero-order chi connectivity index (χ0) is 15.9. The summed E-state index contributed by atoms with van der Waals surface area (Å²) in [6.45, 7) is 1.36. The number of hydrogen-bond donors (Lipinski definition) is 4. The van der Waals surface area contributed by atoms with E-state index in [1.807, 2.05) is 0 Å². The summed E-state index contributed by atoms with van der Waals surface area (Å²) in [7, 11) is 1.53. The van der Waals surface area contributed by atoms with E-state index in [1.165, 1.54) is 7.05 Å². The minimum atomic E-state index is -1.18. The number of nitrogens with zero attached hydrogens (tertiary/aromatic N) is 2. The van der Waals surface area contributed by atoms with Gasteiger partial charge in [0.05, 0.1) is 13.2 Å². The van der Waals surface area contributed by atoms with Crippen molar-refractivity contribution in [2.75, 3.05) is 52.9 Å². The number of aliphatic hydroxyl groups is 1. The van der Waals surface area contributed by atoms with Crippen LogP contribution in [-0.2, 0) is 9.59 Å². The number of carboxylic acids is 1. The molecule has 9 nitrogen and oxygen atoms in total. The summed E-state index contributed by atoms with van der Waals surface area (Å²) in [6.07, 6.45) is 0.568. The molecule has 0 radical (unpaired) electrons. The van der Waals surface area contributed by atoms with Crippen molar-refractivity contribution in [1.29, 1.82) is 0 Å². The number of piperazine rings is 1. The number of rotatable bonds is 7. The van der Waals surface area contributed by atoms with E-state index in [2.05, 4.69) is 10.6 Å². The molecule has 1 aliphatic rings. The molecule has 9 heteroatoms. The average Bonchev–Trinajstić information content (AvgIpc) is 2.49. The molecule has 1 fully saturated rings. The Bertz CT molecular complexity index is 378. The highest BCUT2D eigenvalue weighted by atomic mass is 16.4. The molecule has 1 rings (SSSR count). The molecule has 0 aliphatic carbocycles. The number of aliphatic hydroxyl groups excluding tert-OH is 1. The Balaban J connectivity index is 2.40. The highest BCUT2D eigenvalue weighted by molar-refractivity contribution is 5.76. The summed E-state index contributed by atoms with van der Waals surface area (Å²) in [6, 6.07) is -0.333. The van der Waals surface area contributed by atoms with Crippen LogP contribution in [0.3, 0.4) is 0 Å². The zero-order valence-corrected chi connectivity index (χ0v) is 12.0. The van der Waals surface area contributed by atoms with Crippen LogP contribution in [-0.4, -0.2) is 96.8 Å². The molecule has 0 spiro atoms. The molecule has 1 aliphatic heterocycles. The van der Waals surface area contributed by atoms with Crippen LogP contribution in [0.4, 0.5) is 4.79 Å². The first kappa shape index (κ1) is 17.3. The lowest BCUT2D eigenvalue weighted by Crippen LogP contribution is -2.59. The zero-order valence-electron chi connectivity index (χ0n) is 12.0. The Labute approximate surface area is 122 Å². The largest absolute Gasteiger partial charge is 0.480 e. The third-order valence-corrected chi connectivity index (χ3v) is 3.58. The van der Waals surface area contributed by atoms with Gasteiger partial charge in [0.1, 0.15) is 11.8 Å². The first-order valence-electron chi connectivity index (χ1n) is 6.69. The predicted octanol–water partition coefficient (Wildman–Crippen LogP) is -2.45. The molecule has 0 saturated carbocycles. The molecule has 4 N–H and O–H groups in total. The third kappa shape index (κ3) is 4.96.